The Morgan fingerprint density at radius 1 is 1.32 bits per heavy atom. The molecule has 1 aromatic rings. The molecule has 1 N–H and O–H groups in total. The van der Waals surface area contributed by atoms with Gasteiger partial charge in [-0.3, -0.25) is 0 Å². The van der Waals surface area contributed by atoms with E-state index in [1.807, 2.05) is 0 Å². The third-order valence-electron chi connectivity index (χ3n) is 5.15. The molecule has 2 nitrogen and oxygen atoms in total. The van der Waals surface area contributed by atoms with Crippen LogP contribution in [0.5, 0.6) is 0 Å². The Hall–Kier alpha value is -1.02. The number of hydrogen-bond donors (Lipinski definition) is 1. The lowest BCUT2D eigenvalue weighted by Gasteiger charge is -2.61. The molecule has 104 valence electrons. The predicted molar refractivity (Wildman–Crippen MR) is 79.6 cm³/mol. The van der Waals surface area contributed by atoms with Crippen molar-refractivity contribution in [1.29, 1.82) is 0 Å². The summed E-state index contributed by atoms with van der Waals surface area (Å²) in [4.78, 5) is 0. The summed E-state index contributed by atoms with van der Waals surface area (Å²) in [7, 11) is 0. The summed E-state index contributed by atoms with van der Waals surface area (Å²) >= 11 is 0. The Labute approximate surface area is 116 Å². The summed E-state index contributed by atoms with van der Waals surface area (Å²) < 4.78 is 5.91. The number of anilines is 1. The monoisotopic (exact) mass is 259 g/mol. The van der Waals surface area contributed by atoms with E-state index in [9.17, 15) is 0 Å². The number of rotatable bonds is 4. The molecule has 2 atom stereocenters. The lowest BCUT2D eigenvalue weighted by Crippen LogP contribution is -2.64. The summed E-state index contributed by atoms with van der Waals surface area (Å²) in [5, 5.41) is 3.78. The highest BCUT2D eigenvalue weighted by atomic mass is 16.5. The van der Waals surface area contributed by atoms with E-state index < -0.39 is 0 Å². The first kappa shape index (κ1) is 13.0. The minimum absolute atomic E-state index is 0.438. The predicted octanol–water partition coefficient (Wildman–Crippen LogP) is 4.06. The van der Waals surface area contributed by atoms with Crippen molar-refractivity contribution in [3.8, 4) is 0 Å². The van der Waals surface area contributed by atoms with Crippen LogP contribution in [0, 0.1) is 19.3 Å². The van der Waals surface area contributed by atoms with Crippen molar-refractivity contribution in [3.63, 3.8) is 0 Å². The second-order valence-corrected chi connectivity index (χ2v) is 6.28. The number of nitrogens with one attached hydrogen (secondary N) is 1. The normalized spacial score (nSPS) is 27.7. The second-order valence-electron chi connectivity index (χ2n) is 6.28. The summed E-state index contributed by atoms with van der Waals surface area (Å²) in [6.07, 6.45) is 5.70. The smallest absolute Gasteiger partial charge is 0.0670 e. The summed E-state index contributed by atoms with van der Waals surface area (Å²) in [6, 6.07) is 7.29. The third kappa shape index (κ3) is 2.06. The second kappa shape index (κ2) is 4.82. The molecular formula is C17H25NO. The van der Waals surface area contributed by atoms with E-state index in [1.54, 1.807) is 0 Å². The molecule has 2 saturated carbocycles. The lowest BCUT2D eigenvalue weighted by molar-refractivity contribution is -0.157. The maximum Gasteiger partial charge on any atom is 0.0670 e. The van der Waals surface area contributed by atoms with Gasteiger partial charge in [-0.15, -0.1) is 0 Å². The quantitative estimate of drug-likeness (QED) is 0.880. The van der Waals surface area contributed by atoms with E-state index in [2.05, 4.69) is 44.3 Å². The number of aryl methyl sites for hydroxylation is 2. The fourth-order valence-electron chi connectivity index (χ4n) is 3.80. The van der Waals surface area contributed by atoms with Crippen LogP contribution in [0.25, 0.3) is 0 Å². The first-order chi connectivity index (χ1) is 9.15. The maximum absolute atomic E-state index is 5.91. The first-order valence-electron chi connectivity index (χ1n) is 7.61. The van der Waals surface area contributed by atoms with Gasteiger partial charge in [-0.25, -0.2) is 0 Å². The van der Waals surface area contributed by atoms with E-state index in [0.717, 1.165) is 6.61 Å². The van der Waals surface area contributed by atoms with Crippen LogP contribution in [0.15, 0.2) is 18.2 Å². The van der Waals surface area contributed by atoms with Crippen molar-refractivity contribution in [2.24, 2.45) is 5.41 Å². The minimum Gasteiger partial charge on any atom is -0.381 e. The topological polar surface area (TPSA) is 21.3 Å². The molecule has 0 aromatic heterocycles. The van der Waals surface area contributed by atoms with Gasteiger partial charge in [-0.2, -0.15) is 0 Å². The molecule has 2 heteroatoms. The van der Waals surface area contributed by atoms with Crippen LogP contribution in [-0.4, -0.2) is 18.8 Å². The average Bonchev–Trinajstić information content (AvgIpc) is 2.28. The van der Waals surface area contributed by atoms with Crippen molar-refractivity contribution in [2.75, 3.05) is 11.9 Å². The molecule has 0 saturated heterocycles. The molecule has 0 radical (unpaired) electrons. The van der Waals surface area contributed by atoms with Gasteiger partial charge in [-0.05, 0) is 51.7 Å². The van der Waals surface area contributed by atoms with Gasteiger partial charge in [0.05, 0.1) is 6.10 Å². The van der Waals surface area contributed by atoms with Gasteiger partial charge in [0.2, 0.25) is 0 Å². The summed E-state index contributed by atoms with van der Waals surface area (Å²) in [5.74, 6) is 0. The van der Waals surface area contributed by atoms with Gasteiger partial charge < -0.3 is 10.1 Å². The van der Waals surface area contributed by atoms with Crippen molar-refractivity contribution in [2.45, 2.75) is 58.6 Å². The molecule has 0 amide bonds. The van der Waals surface area contributed by atoms with Crippen LogP contribution in [0.1, 0.15) is 43.7 Å². The van der Waals surface area contributed by atoms with Crippen molar-refractivity contribution < 1.29 is 4.74 Å². The maximum atomic E-state index is 5.91. The fourth-order valence-corrected chi connectivity index (χ4v) is 3.80. The molecular weight excluding hydrogens is 234 g/mol. The molecule has 3 rings (SSSR count). The molecule has 1 aromatic carbocycles. The van der Waals surface area contributed by atoms with Crippen molar-refractivity contribution >= 4 is 5.69 Å². The van der Waals surface area contributed by atoms with Crippen molar-refractivity contribution in [3.05, 3.63) is 29.3 Å². The van der Waals surface area contributed by atoms with Crippen LogP contribution < -0.4 is 5.32 Å². The van der Waals surface area contributed by atoms with Crippen LogP contribution in [0.2, 0.25) is 0 Å². The van der Waals surface area contributed by atoms with Gasteiger partial charge in [0.25, 0.3) is 0 Å². The van der Waals surface area contributed by atoms with Gasteiger partial charge in [0, 0.05) is 23.8 Å². The van der Waals surface area contributed by atoms with Crippen LogP contribution >= 0.6 is 0 Å². The van der Waals surface area contributed by atoms with Crippen LogP contribution in [0.4, 0.5) is 5.69 Å². The standard InChI is InChI=1S/C17H25NO/c1-4-19-16-11-15(17(16)8-5-9-17)18-14-7-6-12(2)10-13(14)3/h6-7,10,15-16,18H,4-5,8-9,11H2,1-3H3. The van der Waals surface area contributed by atoms with E-state index in [-0.39, 0.29) is 0 Å². The number of ether oxygens (including phenoxy) is 1. The Kier molecular flexibility index (Phi) is 3.30. The average molecular weight is 259 g/mol. The van der Waals surface area contributed by atoms with E-state index >= 15 is 0 Å². The zero-order chi connectivity index (χ0) is 13.5. The molecule has 0 aliphatic heterocycles. The molecule has 2 fully saturated rings. The van der Waals surface area contributed by atoms with Crippen molar-refractivity contribution in [1.82, 2.24) is 0 Å². The Morgan fingerprint density at radius 2 is 2.11 bits per heavy atom. The largest absolute Gasteiger partial charge is 0.381 e. The molecule has 2 unspecified atom stereocenters. The fraction of sp³-hybridized carbons (Fsp3) is 0.647. The molecule has 1 spiro atoms. The SMILES string of the molecule is CCOC1CC(Nc2ccc(C)cc2C)C12CCC2. The summed E-state index contributed by atoms with van der Waals surface area (Å²) in [5.41, 5.74) is 4.43. The summed E-state index contributed by atoms with van der Waals surface area (Å²) in [6.45, 7) is 7.31. The molecule has 19 heavy (non-hydrogen) atoms. The zero-order valence-electron chi connectivity index (χ0n) is 12.3. The molecule has 0 heterocycles. The highest BCUT2D eigenvalue weighted by Crippen LogP contribution is 2.58. The van der Waals surface area contributed by atoms with E-state index in [0.29, 0.717) is 17.6 Å². The Morgan fingerprint density at radius 3 is 2.68 bits per heavy atom. The van der Waals surface area contributed by atoms with Gasteiger partial charge in [-0.1, -0.05) is 24.1 Å². The minimum atomic E-state index is 0.438. The van der Waals surface area contributed by atoms with Gasteiger partial charge in [0.1, 0.15) is 0 Å². The first-order valence-corrected chi connectivity index (χ1v) is 7.61. The van der Waals surface area contributed by atoms with E-state index in [1.165, 1.54) is 42.5 Å². The molecule has 2 aliphatic rings. The highest BCUT2D eigenvalue weighted by molar-refractivity contribution is 5.53. The zero-order valence-corrected chi connectivity index (χ0v) is 12.3. The number of benzene rings is 1. The van der Waals surface area contributed by atoms with Gasteiger partial charge in [0.15, 0.2) is 0 Å². The molecule has 0 bridgehead atoms. The lowest BCUT2D eigenvalue weighted by atomic mass is 9.51. The Bertz CT molecular complexity index is 464. The van der Waals surface area contributed by atoms with Crippen LogP contribution in [-0.2, 0) is 4.74 Å². The Balaban J connectivity index is 1.71. The molecule has 2 aliphatic carbocycles. The highest BCUT2D eigenvalue weighted by Gasteiger charge is 2.58. The third-order valence-corrected chi connectivity index (χ3v) is 5.15. The van der Waals surface area contributed by atoms with Gasteiger partial charge >= 0.3 is 0 Å². The number of hydrogen-bond acceptors (Lipinski definition) is 2. The van der Waals surface area contributed by atoms with E-state index in [4.69, 9.17) is 4.74 Å². The van der Waals surface area contributed by atoms with Crippen LogP contribution in [0.3, 0.4) is 0 Å².